The summed E-state index contributed by atoms with van der Waals surface area (Å²) in [7, 11) is 0. The van der Waals surface area contributed by atoms with E-state index in [0.29, 0.717) is 22.2 Å². The highest BCUT2D eigenvalue weighted by atomic mass is 19.1. The zero-order valence-corrected chi connectivity index (χ0v) is 14.5. The Kier molecular flexibility index (Phi) is 4.38. The minimum atomic E-state index is -0.531. The first kappa shape index (κ1) is 17.5. The number of nitro groups is 1. The predicted molar refractivity (Wildman–Crippen MR) is 97.0 cm³/mol. The van der Waals surface area contributed by atoms with Crippen LogP contribution in [0.15, 0.2) is 36.4 Å². The van der Waals surface area contributed by atoms with Gasteiger partial charge < -0.3 is 5.32 Å². The summed E-state index contributed by atoms with van der Waals surface area (Å²) in [4.78, 5) is 27.8. The van der Waals surface area contributed by atoms with E-state index >= 15 is 0 Å². The number of fused-ring (bicyclic) bond motifs is 1. The maximum Gasteiger partial charge on any atom is 0.293 e. The molecule has 0 atom stereocenters. The number of aromatic nitrogens is 1. The maximum absolute atomic E-state index is 13.4. The smallest absolute Gasteiger partial charge is 0.293 e. The van der Waals surface area contributed by atoms with Crippen LogP contribution in [-0.4, -0.2) is 15.8 Å². The van der Waals surface area contributed by atoms with E-state index in [-0.39, 0.29) is 16.9 Å². The first-order valence-electron chi connectivity index (χ1n) is 7.90. The van der Waals surface area contributed by atoms with Crippen molar-refractivity contribution in [3.63, 3.8) is 0 Å². The molecule has 6 nitrogen and oxygen atoms in total. The second-order valence-electron chi connectivity index (χ2n) is 6.15. The molecule has 0 aliphatic rings. The molecular weight excluding hydrogens is 337 g/mol. The van der Waals surface area contributed by atoms with Crippen LogP contribution in [0.5, 0.6) is 0 Å². The second-order valence-corrected chi connectivity index (χ2v) is 6.15. The van der Waals surface area contributed by atoms with Crippen LogP contribution in [0.2, 0.25) is 0 Å². The molecule has 0 saturated heterocycles. The van der Waals surface area contributed by atoms with Gasteiger partial charge in [0.1, 0.15) is 11.5 Å². The fourth-order valence-corrected chi connectivity index (χ4v) is 2.91. The molecule has 1 amide bonds. The Morgan fingerprint density at radius 2 is 1.88 bits per heavy atom. The molecule has 0 bridgehead atoms. The molecule has 0 spiro atoms. The summed E-state index contributed by atoms with van der Waals surface area (Å²) in [6.45, 7) is 5.10. The zero-order chi connectivity index (χ0) is 19.0. The Bertz CT molecular complexity index is 1060. The number of carbonyl (C=O) groups excluding carboxylic acids is 1. The standard InChI is InChI=1S/C19H16FN3O3/c1-10-6-11(2)18(17(7-10)23(25)26)22-19(24)15-9-13-8-14(20)4-5-16(13)21-12(15)3/h4-9H,1-3H3,(H,22,24). The van der Waals surface area contributed by atoms with E-state index in [0.717, 1.165) is 5.56 Å². The van der Waals surface area contributed by atoms with Gasteiger partial charge in [0.2, 0.25) is 0 Å². The molecule has 1 heterocycles. The van der Waals surface area contributed by atoms with Gasteiger partial charge in [0.15, 0.2) is 0 Å². The van der Waals surface area contributed by atoms with Crippen molar-refractivity contribution in [2.75, 3.05) is 5.32 Å². The van der Waals surface area contributed by atoms with Gasteiger partial charge >= 0.3 is 0 Å². The second kappa shape index (κ2) is 6.51. The Morgan fingerprint density at radius 3 is 2.58 bits per heavy atom. The van der Waals surface area contributed by atoms with Gasteiger partial charge in [-0.1, -0.05) is 6.07 Å². The zero-order valence-electron chi connectivity index (χ0n) is 14.5. The summed E-state index contributed by atoms with van der Waals surface area (Å²) >= 11 is 0. The van der Waals surface area contributed by atoms with E-state index < -0.39 is 16.6 Å². The van der Waals surface area contributed by atoms with Gasteiger partial charge in [0, 0.05) is 11.5 Å². The molecule has 132 valence electrons. The molecule has 0 aliphatic heterocycles. The van der Waals surface area contributed by atoms with Crippen molar-refractivity contribution in [2.24, 2.45) is 0 Å². The molecule has 0 saturated carbocycles. The van der Waals surface area contributed by atoms with E-state index in [4.69, 9.17) is 0 Å². The van der Waals surface area contributed by atoms with Crippen molar-refractivity contribution >= 4 is 28.2 Å². The van der Waals surface area contributed by atoms with Gasteiger partial charge in [-0.3, -0.25) is 19.9 Å². The molecule has 0 unspecified atom stereocenters. The van der Waals surface area contributed by atoms with Gasteiger partial charge in [-0.15, -0.1) is 0 Å². The highest BCUT2D eigenvalue weighted by Gasteiger charge is 2.21. The third-order valence-electron chi connectivity index (χ3n) is 4.11. The topological polar surface area (TPSA) is 85.1 Å². The Balaban J connectivity index is 2.05. The van der Waals surface area contributed by atoms with Gasteiger partial charge in [-0.25, -0.2) is 4.39 Å². The number of benzene rings is 2. The van der Waals surface area contributed by atoms with Gasteiger partial charge in [-0.2, -0.15) is 0 Å². The van der Waals surface area contributed by atoms with Gasteiger partial charge in [-0.05, 0) is 56.2 Å². The van der Waals surface area contributed by atoms with Crippen molar-refractivity contribution in [1.82, 2.24) is 4.98 Å². The fourth-order valence-electron chi connectivity index (χ4n) is 2.91. The molecule has 1 N–H and O–H groups in total. The first-order valence-corrected chi connectivity index (χ1v) is 7.90. The fraction of sp³-hybridized carbons (Fsp3) is 0.158. The lowest BCUT2D eigenvalue weighted by Crippen LogP contribution is -2.16. The monoisotopic (exact) mass is 353 g/mol. The molecule has 0 aliphatic carbocycles. The predicted octanol–water partition coefficient (Wildman–Crippen LogP) is 4.46. The highest BCUT2D eigenvalue weighted by molar-refractivity contribution is 6.08. The molecule has 7 heteroatoms. The van der Waals surface area contributed by atoms with E-state index in [9.17, 15) is 19.3 Å². The molecular formula is C19H16FN3O3. The summed E-state index contributed by atoms with van der Waals surface area (Å²) < 4.78 is 13.4. The highest BCUT2D eigenvalue weighted by Crippen LogP contribution is 2.30. The van der Waals surface area contributed by atoms with Gasteiger partial charge in [0.25, 0.3) is 11.6 Å². The number of nitrogens with zero attached hydrogens (tertiary/aromatic N) is 2. The Hall–Kier alpha value is -3.35. The van der Waals surface area contributed by atoms with Crippen molar-refractivity contribution in [3.05, 3.63) is 74.7 Å². The number of anilines is 1. The number of halogens is 1. The molecule has 3 rings (SSSR count). The van der Waals surface area contributed by atoms with Crippen LogP contribution in [0.25, 0.3) is 10.9 Å². The SMILES string of the molecule is Cc1cc(C)c(NC(=O)c2cc3cc(F)ccc3nc2C)c([N+](=O)[O-])c1. The lowest BCUT2D eigenvalue weighted by Gasteiger charge is -2.12. The summed E-state index contributed by atoms with van der Waals surface area (Å²) in [5, 5.41) is 14.4. The van der Waals surface area contributed by atoms with Crippen LogP contribution in [0.3, 0.4) is 0 Å². The minimum Gasteiger partial charge on any atom is -0.316 e. The maximum atomic E-state index is 13.4. The van der Waals surface area contributed by atoms with Crippen LogP contribution in [0.4, 0.5) is 15.8 Å². The number of nitro benzene ring substituents is 1. The molecule has 26 heavy (non-hydrogen) atoms. The average molecular weight is 353 g/mol. The van der Waals surface area contributed by atoms with Crippen molar-refractivity contribution in [3.8, 4) is 0 Å². The first-order chi connectivity index (χ1) is 12.3. The third kappa shape index (κ3) is 3.23. The largest absolute Gasteiger partial charge is 0.316 e. The van der Waals surface area contributed by atoms with Crippen molar-refractivity contribution < 1.29 is 14.1 Å². The Labute approximate surface area is 148 Å². The minimum absolute atomic E-state index is 0.143. The third-order valence-corrected chi connectivity index (χ3v) is 4.11. The summed E-state index contributed by atoms with van der Waals surface area (Å²) in [6, 6.07) is 8.82. The van der Waals surface area contributed by atoms with E-state index in [1.807, 2.05) is 0 Å². The van der Waals surface area contributed by atoms with E-state index in [1.54, 1.807) is 26.8 Å². The normalized spacial score (nSPS) is 10.8. The van der Waals surface area contributed by atoms with Crippen LogP contribution in [-0.2, 0) is 0 Å². The molecule has 3 aromatic rings. The number of hydrogen-bond donors (Lipinski definition) is 1. The molecule has 2 aromatic carbocycles. The van der Waals surface area contributed by atoms with Crippen LogP contribution in [0.1, 0.15) is 27.2 Å². The number of amides is 1. The van der Waals surface area contributed by atoms with Crippen molar-refractivity contribution in [2.45, 2.75) is 20.8 Å². The van der Waals surface area contributed by atoms with E-state index in [2.05, 4.69) is 10.3 Å². The quantitative estimate of drug-likeness (QED) is 0.556. The van der Waals surface area contributed by atoms with Crippen LogP contribution >= 0.6 is 0 Å². The van der Waals surface area contributed by atoms with Crippen molar-refractivity contribution in [1.29, 1.82) is 0 Å². The Morgan fingerprint density at radius 1 is 1.15 bits per heavy atom. The molecule has 0 radical (unpaired) electrons. The average Bonchev–Trinajstić information content (AvgIpc) is 2.56. The molecule has 1 aromatic heterocycles. The number of hydrogen-bond acceptors (Lipinski definition) is 4. The van der Waals surface area contributed by atoms with E-state index in [1.165, 1.54) is 30.3 Å². The lowest BCUT2D eigenvalue weighted by molar-refractivity contribution is -0.384. The van der Waals surface area contributed by atoms with Gasteiger partial charge in [0.05, 0.1) is 21.7 Å². The number of nitrogens with one attached hydrogen (secondary N) is 1. The summed E-state index contributed by atoms with van der Waals surface area (Å²) in [6.07, 6.45) is 0. The number of pyridine rings is 1. The summed E-state index contributed by atoms with van der Waals surface area (Å²) in [5.41, 5.74) is 2.54. The van der Waals surface area contributed by atoms with Crippen LogP contribution in [0, 0.1) is 36.7 Å². The number of aryl methyl sites for hydroxylation is 3. The van der Waals surface area contributed by atoms with Crippen LogP contribution < -0.4 is 5.32 Å². The summed E-state index contributed by atoms with van der Waals surface area (Å²) in [5.74, 6) is -0.962. The number of rotatable bonds is 3. The number of carbonyl (C=O) groups is 1. The lowest BCUT2D eigenvalue weighted by atomic mass is 10.1. The molecule has 0 fully saturated rings.